The largest absolute Gasteiger partial charge is 0.353 e. The third-order valence-corrected chi connectivity index (χ3v) is 6.76. The summed E-state index contributed by atoms with van der Waals surface area (Å²) in [5.41, 5.74) is 11.5. The van der Waals surface area contributed by atoms with Gasteiger partial charge >= 0.3 is 0 Å². The van der Waals surface area contributed by atoms with Crippen molar-refractivity contribution in [3.8, 4) is 0 Å². The Balaban J connectivity index is 2.17. The van der Waals surface area contributed by atoms with Crippen LogP contribution in [0.5, 0.6) is 0 Å². The fraction of sp³-hybridized carbons (Fsp3) is 0.923. The summed E-state index contributed by atoms with van der Waals surface area (Å²) >= 11 is 0. The lowest BCUT2D eigenvalue weighted by Crippen LogP contribution is -2.51. The number of carbonyl (C=O) groups excluding carboxylic acids is 2. The van der Waals surface area contributed by atoms with E-state index in [1.807, 2.05) is 4.90 Å². The molecule has 0 aromatic rings. The Labute approximate surface area is 197 Å². The lowest BCUT2D eigenvalue weighted by molar-refractivity contribution is -0.135. The van der Waals surface area contributed by atoms with Gasteiger partial charge in [0.25, 0.3) is 0 Å². The molecule has 1 aliphatic heterocycles. The van der Waals surface area contributed by atoms with Crippen molar-refractivity contribution in [1.82, 2.24) is 10.2 Å². The molecule has 0 aromatic heterocycles. The van der Waals surface area contributed by atoms with Gasteiger partial charge in [0, 0.05) is 25.6 Å². The van der Waals surface area contributed by atoms with E-state index < -0.39 is 6.04 Å². The van der Waals surface area contributed by atoms with Gasteiger partial charge < -0.3 is 21.7 Å². The maximum absolute atomic E-state index is 12.8. The molecule has 1 rings (SSSR count). The smallest absolute Gasteiger partial charge is 0.236 e. The maximum atomic E-state index is 12.8. The van der Waals surface area contributed by atoms with Gasteiger partial charge in [-0.05, 0) is 45.1 Å². The first-order valence-electron chi connectivity index (χ1n) is 13.6. The van der Waals surface area contributed by atoms with Crippen molar-refractivity contribution < 1.29 is 9.59 Å². The van der Waals surface area contributed by atoms with Crippen molar-refractivity contribution in [2.45, 2.75) is 135 Å². The second kappa shape index (κ2) is 19.3. The van der Waals surface area contributed by atoms with Gasteiger partial charge in [0.05, 0.1) is 6.04 Å². The summed E-state index contributed by atoms with van der Waals surface area (Å²) in [4.78, 5) is 27.1. The zero-order valence-electron chi connectivity index (χ0n) is 20.9. The van der Waals surface area contributed by atoms with Crippen LogP contribution in [-0.4, -0.2) is 48.4 Å². The lowest BCUT2D eigenvalue weighted by Gasteiger charge is -2.36. The van der Waals surface area contributed by atoms with Crippen LogP contribution in [-0.2, 0) is 9.59 Å². The van der Waals surface area contributed by atoms with Gasteiger partial charge in [0.2, 0.25) is 11.8 Å². The summed E-state index contributed by atoms with van der Waals surface area (Å²) in [5, 5.41) is 2.99. The van der Waals surface area contributed by atoms with Crippen molar-refractivity contribution in [1.29, 1.82) is 0 Å². The molecule has 1 saturated heterocycles. The van der Waals surface area contributed by atoms with Crippen LogP contribution in [0.2, 0.25) is 0 Å². The number of piperidine rings is 1. The molecule has 2 atom stereocenters. The number of likely N-dealkylation sites (tertiary alicyclic amines) is 1. The van der Waals surface area contributed by atoms with Gasteiger partial charge in [-0.2, -0.15) is 0 Å². The van der Waals surface area contributed by atoms with Crippen LogP contribution in [0.4, 0.5) is 0 Å². The number of nitrogens with two attached hydrogens (primary N) is 2. The highest BCUT2D eigenvalue weighted by Crippen LogP contribution is 2.19. The van der Waals surface area contributed by atoms with E-state index in [0.717, 1.165) is 51.5 Å². The van der Waals surface area contributed by atoms with Crippen molar-refractivity contribution >= 4 is 11.8 Å². The Kier molecular flexibility index (Phi) is 17.5. The summed E-state index contributed by atoms with van der Waals surface area (Å²) in [6, 6.07) is -0.366. The minimum absolute atomic E-state index is 0.106. The summed E-state index contributed by atoms with van der Waals surface area (Å²) in [7, 11) is 0. The standard InChI is InChI=1S/C26H52N4O2/c1-2-3-4-5-6-7-8-9-10-11-12-19-25(31)30-21-16-14-17-23(30)22-29-26(32)24(28)18-13-15-20-27/h23-24H,2-22,27-28H2,1H3,(H,29,32)/t23?,24-/m0/s1. The highest BCUT2D eigenvalue weighted by molar-refractivity contribution is 5.81. The fourth-order valence-corrected chi connectivity index (χ4v) is 4.61. The van der Waals surface area contributed by atoms with Crippen molar-refractivity contribution in [3.63, 3.8) is 0 Å². The molecule has 0 aromatic carbocycles. The Hall–Kier alpha value is -1.14. The molecule has 2 amide bonds. The number of nitrogens with zero attached hydrogens (tertiary/aromatic N) is 1. The molecule has 188 valence electrons. The third kappa shape index (κ3) is 13.4. The average molecular weight is 453 g/mol. The summed E-state index contributed by atoms with van der Waals surface area (Å²) in [5.74, 6) is 0.150. The second-order valence-corrected chi connectivity index (χ2v) is 9.66. The normalized spacial score (nSPS) is 17.3. The number of rotatable bonds is 19. The molecule has 6 nitrogen and oxygen atoms in total. The van der Waals surface area contributed by atoms with Crippen LogP contribution in [0.3, 0.4) is 0 Å². The van der Waals surface area contributed by atoms with Gasteiger partial charge in [0.1, 0.15) is 0 Å². The molecule has 1 fully saturated rings. The molecular weight excluding hydrogens is 400 g/mol. The van der Waals surface area contributed by atoms with Crippen molar-refractivity contribution in [3.05, 3.63) is 0 Å². The molecule has 0 aliphatic carbocycles. The minimum Gasteiger partial charge on any atom is -0.353 e. The monoisotopic (exact) mass is 452 g/mol. The van der Waals surface area contributed by atoms with Crippen LogP contribution in [0.1, 0.15) is 122 Å². The van der Waals surface area contributed by atoms with E-state index in [1.165, 1.54) is 57.8 Å². The van der Waals surface area contributed by atoms with Gasteiger partial charge in [-0.3, -0.25) is 9.59 Å². The molecule has 1 heterocycles. The van der Waals surface area contributed by atoms with Crippen molar-refractivity contribution in [2.24, 2.45) is 11.5 Å². The highest BCUT2D eigenvalue weighted by atomic mass is 16.2. The van der Waals surface area contributed by atoms with Gasteiger partial charge in [-0.25, -0.2) is 0 Å². The molecule has 0 bridgehead atoms. The lowest BCUT2D eigenvalue weighted by atomic mass is 10.0. The van der Waals surface area contributed by atoms with E-state index in [4.69, 9.17) is 11.5 Å². The number of unbranched alkanes of at least 4 members (excludes halogenated alkanes) is 11. The minimum atomic E-state index is -0.481. The average Bonchev–Trinajstić information content (AvgIpc) is 2.81. The van der Waals surface area contributed by atoms with Crippen LogP contribution in [0.15, 0.2) is 0 Å². The van der Waals surface area contributed by atoms with Gasteiger partial charge in [-0.15, -0.1) is 0 Å². The zero-order chi connectivity index (χ0) is 23.4. The van der Waals surface area contributed by atoms with E-state index in [0.29, 0.717) is 25.9 Å². The molecule has 0 saturated carbocycles. The van der Waals surface area contributed by atoms with E-state index >= 15 is 0 Å². The van der Waals surface area contributed by atoms with E-state index in [-0.39, 0.29) is 17.9 Å². The van der Waals surface area contributed by atoms with Crippen LogP contribution in [0.25, 0.3) is 0 Å². The van der Waals surface area contributed by atoms with Crippen LogP contribution in [0, 0.1) is 0 Å². The Morgan fingerprint density at radius 1 is 0.906 bits per heavy atom. The third-order valence-electron chi connectivity index (χ3n) is 6.76. The summed E-state index contributed by atoms with van der Waals surface area (Å²) in [6.45, 7) is 4.23. The molecule has 5 N–H and O–H groups in total. The topological polar surface area (TPSA) is 101 Å². The molecule has 6 heteroatoms. The molecule has 32 heavy (non-hydrogen) atoms. The predicted octanol–water partition coefficient (Wildman–Crippen LogP) is 4.64. The zero-order valence-corrected chi connectivity index (χ0v) is 20.9. The van der Waals surface area contributed by atoms with Gasteiger partial charge in [0.15, 0.2) is 0 Å². The van der Waals surface area contributed by atoms with Crippen molar-refractivity contribution in [2.75, 3.05) is 19.6 Å². The van der Waals surface area contributed by atoms with E-state index in [9.17, 15) is 9.59 Å². The van der Waals surface area contributed by atoms with Gasteiger partial charge in [-0.1, -0.05) is 77.6 Å². The first-order valence-corrected chi connectivity index (χ1v) is 13.6. The van der Waals surface area contributed by atoms with Crippen LogP contribution < -0.4 is 16.8 Å². The molecule has 0 spiro atoms. The number of hydrogen-bond donors (Lipinski definition) is 3. The maximum Gasteiger partial charge on any atom is 0.236 e. The molecule has 1 aliphatic rings. The number of hydrogen-bond acceptors (Lipinski definition) is 4. The number of nitrogens with one attached hydrogen (secondary N) is 1. The van der Waals surface area contributed by atoms with E-state index in [1.54, 1.807) is 0 Å². The Morgan fingerprint density at radius 2 is 1.53 bits per heavy atom. The number of amides is 2. The van der Waals surface area contributed by atoms with Crippen LogP contribution >= 0.6 is 0 Å². The summed E-state index contributed by atoms with van der Waals surface area (Å²) in [6.07, 6.45) is 20.4. The highest BCUT2D eigenvalue weighted by Gasteiger charge is 2.27. The quantitative estimate of drug-likeness (QED) is 0.248. The predicted molar refractivity (Wildman–Crippen MR) is 134 cm³/mol. The number of carbonyl (C=O) groups is 2. The van der Waals surface area contributed by atoms with E-state index in [2.05, 4.69) is 12.2 Å². The first-order chi connectivity index (χ1) is 15.6. The SMILES string of the molecule is CCCCCCCCCCCCCC(=O)N1CCCCC1CNC(=O)[C@@H](N)CCCCN. The molecule has 1 unspecified atom stereocenters. The molecular formula is C26H52N4O2. The Morgan fingerprint density at radius 3 is 2.16 bits per heavy atom. The second-order valence-electron chi connectivity index (χ2n) is 9.66. The molecule has 0 radical (unpaired) electrons. The fourth-order valence-electron chi connectivity index (χ4n) is 4.61. The Bertz CT molecular complexity index is 486. The summed E-state index contributed by atoms with van der Waals surface area (Å²) < 4.78 is 0. The first kappa shape index (κ1) is 28.9.